The number of hydrogen-bond acceptors (Lipinski definition) is 6. The lowest BCUT2D eigenvalue weighted by Crippen LogP contribution is -2.28. The van der Waals surface area contributed by atoms with Crippen LogP contribution in [0.4, 0.5) is 11.8 Å². The predicted octanol–water partition coefficient (Wildman–Crippen LogP) is 4.40. The van der Waals surface area contributed by atoms with Gasteiger partial charge in [-0.05, 0) is 29.5 Å². The van der Waals surface area contributed by atoms with E-state index in [1.807, 2.05) is 61.5 Å². The van der Waals surface area contributed by atoms with Crippen LogP contribution in [0.15, 0.2) is 65.6 Å². The van der Waals surface area contributed by atoms with Gasteiger partial charge in [0, 0.05) is 10.1 Å². The van der Waals surface area contributed by atoms with E-state index >= 15 is 0 Å². The molecule has 2 heterocycles. The molecule has 0 saturated carbocycles. The standard InChI is InChI=1S/C24H21IN6O/c1-15(29-22-19(12-26)13-28-24(27)30-22)20-10-17-8-5-9-18(11-25)21(17)23(32)31(20)14-16-6-3-2-4-7-16/h2-10,13,15H,11,14H2,1H3,(H3,27,28,29,30)/t15-/m0/s1. The summed E-state index contributed by atoms with van der Waals surface area (Å²) in [4.78, 5) is 21.8. The zero-order valence-electron chi connectivity index (χ0n) is 17.4. The number of pyridine rings is 1. The van der Waals surface area contributed by atoms with Crippen molar-refractivity contribution in [3.8, 4) is 6.07 Å². The minimum atomic E-state index is -0.319. The molecular weight excluding hydrogens is 515 g/mol. The van der Waals surface area contributed by atoms with Gasteiger partial charge < -0.3 is 15.6 Å². The maximum absolute atomic E-state index is 13.7. The number of nitriles is 1. The summed E-state index contributed by atoms with van der Waals surface area (Å²) in [6.45, 7) is 2.37. The summed E-state index contributed by atoms with van der Waals surface area (Å²) in [6.07, 6.45) is 1.39. The van der Waals surface area contributed by atoms with Crippen molar-refractivity contribution in [1.82, 2.24) is 14.5 Å². The van der Waals surface area contributed by atoms with E-state index < -0.39 is 0 Å². The highest BCUT2D eigenvalue weighted by atomic mass is 127. The van der Waals surface area contributed by atoms with Crippen LogP contribution in [0.5, 0.6) is 0 Å². The molecule has 0 aliphatic carbocycles. The summed E-state index contributed by atoms with van der Waals surface area (Å²) in [7, 11) is 0. The fourth-order valence-electron chi connectivity index (χ4n) is 3.76. The maximum Gasteiger partial charge on any atom is 0.259 e. The lowest BCUT2D eigenvalue weighted by Gasteiger charge is -2.22. The molecular formula is C24H21IN6O. The Bertz CT molecular complexity index is 1380. The first kappa shape index (κ1) is 21.8. The Morgan fingerprint density at radius 2 is 2.00 bits per heavy atom. The maximum atomic E-state index is 13.7. The van der Waals surface area contributed by atoms with Gasteiger partial charge in [0.05, 0.1) is 24.2 Å². The second kappa shape index (κ2) is 9.36. The van der Waals surface area contributed by atoms with Gasteiger partial charge in [-0.15, -0.1) is 0 Å². The van der Waals surface area contributed by atoms with Gasteiger partial charge in [-0.3, -0.25) is 4.79 Å². The molecule has 0 spiro atoms. The third kappa shape index (κ3) is 4.29. The molecule has 0 radical (unpaired) electrons. The Morgan fingerprint density at radius 1 is 1.22 bits per heavy atom. The number of hydrogen-bond donors (Lipinski definition) is 2. The number of anilines is 2. The number of nitrogen functional groups attached to an aromatic ring is 1. The number of nitrogens with one attached hydrogen (secondary N) is 1. The number of nitrogens with two attached hydrogens (primary N) is 1. The molecule has 0 aliphatic rings. The highest BCUT2D eigenvalue weighted by molar-refractivity contribution is 14.1. The Labute approximate surface area is 199 Å². The summed E-state index contributed by atoms with van der Waals surface area (Å²) in [5.74, 6) is 0.415. The molecule has 2 aromatic carbocycles. The molecule has 3 N–H and O–H groups in total. The van der Waals surface area contributed by atoms with Crippen molar-refractivity contribution < 1.29 is 0 Å². The summed E-state index contributed by atoms with van der Waals surface area (Å²) in [5, 5.41) is 14.3. The normalized spacial score (nSPS) is 11.8. The molecule has 0 fully saturated rings. The molecule has 0 aliphatic heterocycles. The minimum absolute atomic E-state index is 0.0371. The van der Waals surface area contributed by atoms with Crippen LogP contribution in [-0.4, -0.2) is 14.5 Å². The van der Waals surface area contributed by atoms with Crippen LogP contribution in [0.3, 0.4) is 0 Å². The van der Waals surface area contributed by atoms with Gasteiger partial charge in [-0.2, -0.15) is 10.2 Å². The molecule has 0 amide bonds. The average Bonchev–Trinajstić information content (AvgIpc) is 2.81. The fraction of sp³-hybridized carbons (Fsp3) is 0.167. The Kier molecular flexibility index (Phi) is 6.37. The van der Waals surface area contributed by atoms with E-state index in [-0.39, 0.29) is 23.1 Å². The van der Waals surface area contributed by atoms with Crippen molar-refractivity contribution in [3.05, 3.63) is 93.5 Å². The molecule has 0 saturated heterocycles. The third-order valence-corrected chi connectivity index (χ3v) is 6.13. The summed E-state index contributed by atoms with van der Waals surface area (Å²) in [5.41, 5.74) is 8.81. The highest BCUT2D eigenvalue weighted by Gasteiger charge is 2.18. The quantitative estimate of drug-likeness (QED) is 0.279. The minimum Gasteiger partial charge on any atom is -0.368 e. The Hall–Kier alpha value is -3.45. The monoisotopic (exact) mass is 536 g/mol. The molecule has 4 rings (SSSR count). The van der Waals surface area contributed by atoms with Crippen LogP contribution in [0, 0.1) is 11.3 Å². The summed E-state index contributed by atoms with van der Waals surface area (Å²) >= 11 is 2.28. The predicted molar refractivity (Wildman–Crippen MR) is 135 cm³/mol. The van der Waals surface area contributed by atoms with Gasteiger partial charge in [0.15, 0.2) is 0 Å². The molecule has 8 heteroatoms. The first-order valence-corrected chi connectivity index (χ1v) is 11.6. The lowest BCUT2D eigenvalue weighted by molar-refractivity contribution is 0.669. The summed E-state index contributed by atoms with van der Waals surface area (Å²) in [6, 6.07) is 19.6. The lowest BCUT2D eigenvalue weighted by atomic mass is 10.0. The summed E-state index contributed by atoms with van der Waals surface area (Å²) < 4.78 is 2.54. The molecule has 2 aromatic heterocycles. The van der Waals surface area contributed by atoms with E-state index in [9.17, 15) is 10.1 Å². The molecule has 4 aromatic rings. The number of rotatable bonds is 6. The largest absolute Gasteiger partial charge is 0.368 e. The second-order valence-corrected chi connectivity index (χ2v) is 8.19. The van der Waals surface area contributed by atoms with Crippen molar-refractivity contribution in [2.24, 2.45) is 0 Å². The van der Waals surface area contributed by atoms with E-state index in [0.717, 1.165) is 32.0 Å². The molecule has 0 bridgehead atoms. The van der Waals surface area contributed by atoms with Crippen molar-refractivity contribution in [3.63, 3.8) is 0 Å². The molecule has 0 unspecified atom stereocenters. The van der Waals surface area contributed by atoms with Crippen LogP contribution < -0.4 is 16.6 Å². The van der Waals surface area contributed by atoms with Crippen molar-refractivity contribution in [1.29, 1.82) is 5.26 Å². The Balaban J connectivity index is 1.87. The van der Waals surface area contributed by atoms with Crippen LogP contribution >= 0.6 is 22.6 Å². The van der Waals surface area contributed by atoms with E-state index in [2.05, 4.69) is 43.9 Å². The number of nitrogens with zero attached hydrogens (tertiary/aromatic N) is 4. The number of aromatic nitrogens is 3. The van der Waals surface area contributed by atoms with Crippen LogP contribution in [0.2, 0.25) is 0 Å². The molecule has 32 heavy (non-hydrogen) atoms. The van der Waals surface area contributed by atoms with Crippen molar-refractivity contribution in [2.45, 2.75) is 23.9 Å². The van der Waals surface area contributed by atoms with Crippen LogP contribution in [0.1, 0.15) is 35.3 Å². The molecule has 1 atom stereocenters. The van der Waals surface area contributed by atoms with Gasteiger partial charge in [-0.25, -0.2) is 4.98 Å². The van der Waals surface area contributed by atoms with Crippen LogP contribution in [-0.2, 0) is 11.0 Å². The molecule has 7 nitrogen and oxygen atoms in total. The highest BCUT2D eigenvalue weighted by Crippen LogP contribution is 2.25. The molecule has 160 valence electrons. The van der Waals surface area contributed by atoms with Gasteiger partial charge in [-0.1, -0.05) is 71.1 Å². The topological polar surface area (TPSA) is 110 Å². The zero-order valence-corrected chi connectivity index (χ0v) is 19.6. The van der Waals surface area contributed by atoms with E-state index in [1.54, 1.807) is 4.57 Å². The van der Waals surface area contributed by atoms with Gasteiger partial charge in [0.25, 0.3) is 5.56 Å². The number of fused-ring (bicyclic) bond motifs is 1. The van der Waals surface area contributed by atoms with E-state index in [1.165, 1.54) is 6.20 Å². The van der Waals surface area contributed by atoms with E-state index in [4.69, 9.17) is 5.73 Å². The van der Waals surface area contributed by atoms with Crippen LogP contribution in [0.25, 0.3) is 10.8 Å². The third-order valence-electron chi connectivity index (χ3n) is 5.31. The number of halogens is 1. The van der Waals surface area contributed by atoms with Gasteiger partial charge >= 0.3 is 0 Å². The van der Waals surface area contributed by atoms with Crippen molar-refractivity contribution in [2.75, 3.05) is 11.1 Å². The SMILES string of the molecule is C[C@H](Nc1nc(N)ncc1C#N)c1cc2cccc(CI)c2c(=O)n1Cc1ccccc1. The first-order chi connectivity index (χ1) is 15.5. The van der Waals surface area contributed by atoms with Gasteiger partial charge in [0.1, 0.15) is 17.5 Å². The van der Waals surface area contributed by atoms with Gasteiger partial charge in [0.2, 0.25) is 5.95 Å². The van der Waals surface area contributed by atoms with E-state index in [0.29, 0.717) is 12.4 Å². The first-order valence-electron chi connectivity index (χ1n) is 10.1. The second-order valence-electron chi connectivity index (χ2n) is 7.43. The zero-order chi connectivity index (χ0) is 22.7. The smallest absolute Gasteiger partial charge is 0.259 e. The Morgan fingerprint density at radius 3 is 2.72 bits per heavy atom. The number of alkyl halides is 1. The average molecular weight is 536 g/mol. The fourth-order valence-corrected chi connectivity index (χ4v) is 4.39. The van der Waals surface area contributed by atoms with Crippen molar-refractivity contribution >= 4 is 45.1 Å². The number of benzene rings is 2.